The lowest BCUT2D eigenvalue weighted by atomic mass is 10.1. The highest BCUT2D eigenvalue weighted by Crippen LogP contribution is 2.30. The van der Waals surface area contributed by atoms with Gasteiger partial charge in [-0.3, -0.25) is 4.90 Å². The summed E-state index contributed by atoms with van der Waals surface area (Å²) in [6, 6.07) is 19.9. The topological polar surface area (TPSA) is 42.0 Å². The van der Waals surface area contributed by atoms with Crippen molar-refractivity contribution in [3.8, 4) is 5.75 Å². The van der Waals surface area contributed by atoms with Crippen molar-refractivity contribution in [1.29, 1.82) is 0 Å². The molecule has 9 heteroatoms. The van der Waals surface area contributed by atoms with Crippen LogP contribution in [0.4, 0.5) is 22.4 Å². The number of para-hydroxylation sites is 1. The minimum Gasteiger partial charge on any atom is -0.489 e. The highest BCUT2D eigenvalue weighted by Gasteiger charge is 2.31. The van der Waals surface area contributed by atoms with Crippen LogP contribution in [0, 0.1) is 5.82 Å². The number of amides is 1. The maximum absolute atomic E-state index is 14.0. The van der Waals surface area contributed by atoms with Gasteiger partial charge in [0.2, 0.25) is 0 Å². The number of rotatable bonds is 7. The van der Waals surface area contributed by atoms with E-state index in [0.29, 0.717) is 45.4 Å². The van der Waals surface area contributed by atoms with Crippen LogP contribution in [0.15, 0.2) is 72.8 Å². The molecule has 36 heavy (non-hydrogen) atoms. The second-order valence-electron chi connectivity index (χ2n) is 8.50. The van der Waals surface area contributed by atoms with E-state index in [1.165, 1.54) is 4.90 Å². The summed E-state index contributed by atoms with van der Waals surface area (Å²) in [5.41, 5.74) is 0.929. The number of hydrogen-bond acceptors (Lipinski definition) is 4. The van der Waals surface area contributed by atoms with Crippen LogP contribution in [0.5, 0.6) is 5.75 Å². The second-order valence-corrected chi connectivity index (χ2v) is 8.50. The van der Waals surface area contributed by atoms with Gasteiger partial charge in [0.05, 0.1) is 5.56 Å². The van der Waals surface area contributed by atoms with Gasteiger partial charge >= 0.3 is 12.3 Å². The van der Waals surface area contributed by atoms with Crippen LogP contribution in [0.2, 0.25) is 0 Å². The van der Waals surface area contributed by atoms with E-state index >= 15 is 0 Å². The Kier molecular flexibility index (Phi) is 8.10. The van der Waals surface area contributed by atoms with Crippen LogP contribution >= 0.6 is 0 Å². The number of nitrogens with zero attached hydrogens (tertiary/aromatic N) is 2. The summed E-state index contributed by atoms with van der Waals surface area (Å²) in [6.07, 6.45) is -5.26. The summed E-state index contributed by atoms with van der Waals surface area (Å²) in [5.74, 6) is -0.252. The molecule has 3 aromatic rings. The van der Waals surface area contributed by atoms with Gasteiger partial charge in [0.15, 0.2) is 0 Å². The Morgan fingerprint density at radius 1 is 0.833 bits per heavy atom. The van der Waals surface area contributed by atoms with Gasteiger partial charge < -0.3 is 14.4 Å². The molecule has 1 aliphatic rings. The molecule has 0 bridgehead atoms. The first-order valence-corrected chi connectivity index (χ1v) is 11.5. The smallest absolute Gasteiger partial charge is 0.416 e. The average molecular weight is 503 g/mol. The van der Waals surface area contributed by atoms with Gasteiger partial charge in [0.25, 0.3) is 0 Å². The molecular weight excluding hydrogens is 476 g/mol. The van der Waals surface area contributed by atoms with Gasteiger partial charge in [-0.2, -0.15) is 13.2 Å². The highest BCUT2D eigenvalue weighted by atomic mass is 19.4. The van der Waals surface area contributed by atoms with Crippen molar-refractivity contribution < 1.29 is 31.8 Å². The van der Waals surface area contributed by atoms with Crippen molar-refractivity contribution >= 4 is 6.09 Å². The third-order valence-corrected chi connectivity index (χ3v) is 5.97. The predicted octanol–water partition coefficient (Wildman–Crippen LogP) is 5.88. The van der Waals surface area contributed by atoms with Crippen LogP contribution in [-0.2, 0) is 30.7 Å². The SMILES string of the molecule is O=C(OCc1ccc(C(F)(F)F)cc1F)N1CCN(Cc2ccccc2OCc2ccccc2)CC1. The lowest BCUT2D eigenvalue weighted by molar-refractivity contribution is -0.137. The van der Waals surface area contributed by atoms with Gasteiger partial charge in [0.1, 0.15) is 24.8 Å². The summed E-state index contributed by atoms with van der Waals surface area (Å²) < 4.78 is 63.2. The third-order valence-electron chi connectivity index (χ3n) is 5.97. The van der Waals surface area contributed by atoms with E-state index in [9.17, 15) is 22.4 Å². The fourth-order valence-corrected chi connectivity index (χ4v) is 3.91. The van der Waals surface area contributed by atoms with Gasteiger partial charge in [-0.05, 0) is 23.8 Å². The average Bonchev–Trinajstić information content (AvgIpc) is 2.88. The number of piperazine rings is 1. The molecule has 1 amide bonds. The Hall–Kier alpha value is -3.59. The number of alkyl halides is 3. The Morgan fingerprint density at radius 3 is 2.22 bits per heavy atom. The maximum Gasteiger partial charge on any atom is 0.416 e. The molecule has 0 radical (unpaired) electrons. The minimum absolute atomic E-state index is 0.109. The molecular formula is C27H26F4N2O3. The lowest BCUT2D eigenvalue weighted by Gasteiger charge is -2.34. The molecule has 5 nitrogen and oxygen atoms in total. The number of benzene rings is 3. The highest BCUT2D eigenvalue weighted by molar-refractivity contribution is 5.67. The standard InChI is InChI=1S/C27H26F4N2O3/c28-24-16-23(27(29,30)31)11-10-22(24)19-36-26(34)33-14-12-32(13-15-33)17-21-8-4-5-9-25(21)35-18-20-6-2-1-3-7-20/h1-11,16H,12-15,17-19H2. The predicted molar refractivity (Wildman–Crippen MR) is 126 cm³/mol. The fourth-order valence-electron chi connectivity index (χ4n) is 3.91. The number of halogens is 4. The molecule has 3 aromatic carbocycles. The Morgan fingerprint density at radius 2 is 1.53 bits per heavy atom. The molecule has 1 fully saturated rings. The van der Waals surface area contributed by atoms with Crippen LogP contribution in [0.1, 0.15) is 22.3 Å². The van der Waals surface area contributed by atoms with Crippen LogP contribution < -0.4 is 4.74 Å². The monoisotopic (exact) mass is 502 g/mol. The number of hydrogen-bond donors (Lipinski definition) is 0. The summed E-state index contributed by atoms with van der Waals surface area (Å²) >= 11 is 0. The molecule has 1 saturated heterocycles. The third kappa shape index (κ3) is 6.75. The summed E-state index contributed by atoms with van der Waals surface area (Å²) in [7, 11) is 0. The van der Waals surface area contributed by atoms with Crippen molar-refractivity contribution in [3.63, 3.8) is 0 Å². The van der Waals surface area contributed by atoms with Crippen LogP contribution in [0.3, 0.4) is 0 Å². The van der Waals surface area contributed by atoms with Crippen molar-refractivity contribution in [2.24, 2.45) is 0 Å². The molecule has 0 atom stereocenters. The summed E-state index contributed by atoms with van der Waals surface area (Å²) in [6.45, 7) is 2.74. The Balaban J connectivity index is 1.25. The van der Waals surface area contributed by atoms with E-state index in [1.54, 1.807) is 0 Å². The largest absolute Gasteiger partial charge is 0.489 e. The van der Waals surface area contributed by atoms with E-state index in [4.69, 9.17) is 9.47 Å². The molecule has 0 saturated carbocycles. The van der Waals surface area contributed by atoms with Crippen molar-refractivity contribution in [2.45, 2.75) is 25.9 Å². The van der Waals surface area contributed by atoms with E-state index in [2.05, 4.69) is 4.90 Å². The summed E-state index contributed by atoms with van der Waals surface area (Å²) in [4.78, 5) is 16.1. The quantitative estimate of drug-likeness (QED) is 0.379. The minimum atomic E-state index is -4.63. The molecule has 0 unspecified atom stereocenters. The molecule has 1 aliphatic heterocycles. The zero-order chi connectivity index (χ0) is 25.5. The molecule has 0 aliphatic carbocycles. The first kappa shape index (κ1) is 25.5. The van der Waals surface area contributed by atoms with E-state index in [1.807, 2.05) is 54.6 Å². The van der Waals surface area contributed by atoms with E-state index in [-0.39, 0.29) is 5.56 Å². The molecule has 0 spiro atoms. The van der Waals surface area contributed by atoms with Crippen LogP contribution in [0.25, 0.3) is 0 Å². The molecule has 1 heterocycles. The van der Waals surface area contributed by atoms with Gasteiger partial charge in [-0.25, -0.2) is 9.18 Å². The lowest BCUT2D eigenvalue weighted by Crippen LogP contribution is -2.48. The van der Waals surface area contributed by atoms with Crippen molar-refractivity contribution in [3.05, 3.63) is 101 Å². The molecule has 190 valence electrons. The maximum atomic E-state index is 14.0. The second kappa shape index (κ2) is 11.4. The van der Waals surface area contributed by atoms with Gasteiger partial charge in [-0.1, -0.05) is 54.6 Å². The van der Waals surface area contributed by atoms with E-state index in [0.717, 1.165) is 29.0 Å². The van der Waals surface area contributed by atoms with Crippen molar-refractivity contribution in [1.82, 2.24) is 9.80 Å². The Labute approximate surface area is 206 Å². The van der Waals surface area contributed by atoms with E-state index < -0.39 is 30.3 Å². The first-order chi connectivity index (χ1) is 17.3. The number of carbonyl (C=O) groups excluding carboxylic acids is 1. The molecule has 4 rings (SSSR count). The van der Waals surface area contributed by atoms with Crippen molar-refractivity contribution in [2.75, 3.05) is 26.2 Å². The van der Waals surface area contributed by atoms with Gasteiger partial charge in [-0.15, -0.1) is 0 Å². The zero-order valence-corrected chi connectivity index (χ0v) is 19.5. The van der Waals surface area contributed by atoms with Gasteiger partial charge in [0, 0.05) is 43.9 Å². The Bertz CT molecular complexity index is 1160. The zero-order valence-electron chi connectivity index (χ0n) is 19.5. The van der Waals surface area contributed by atoms with Crippen LogP contribution in [-0.4, -0.2) is 42.1 Å². The first-order valence-electron chi connectivity index (χ1n) is 11.5. The molecule has 0 N–H and O–H groups in total. The normalized spacial score (nSPS) is 14.5. The number of carbonyl (C=O) groups is 1. The summed E-state index contributed by atoms with van der Waals surface area (Å²) in [5, 5.41) is 0. The fraction of sp³-hybridized carbons (Fsp3) is 0.296. The number of ether oxygens (including phenoxy) is 2. The molecule has 0 aromatic heterocycles.